The normalized spacial score (nSPS) is 11.2. The molecule has 2 aromatic rings. The predicted octanol–water partition coefficient (Wildman–Crippen LogP) is 4.40. The highest BCUT2D eigenvalue weighted by atomic mass is 35.5. The van der Waals surface area contributed by atoms with Crippen molar-refractivity contribution in [2.24, 2.45) is 0 Å². The lowest BCUT2D eigenvalue weighted by Crippen LogP contribution is -2.35. The van der Waals surface area contributed by atoms with Crippen molar-refractivity contribution in [3.8, 4) is 5.75 Å². The van der Waals surface area contributed by atoms with E-state index in [4.69, 9.17) is 16.3 Å². The van der Waals surface area contributed by atoms with Crippen molar-refractivity contribution >= 4 is 29.1 Å². The van der Waals surface area contributed by atoms with Crippen LogP contribution in [-0.2, 0) is 22.3 Å². The smallest absolute Gasteiger partial charge is 0.417 e. The molecular weight excluding hydrogens is 397 g/mol. The van der Waals surface area contributed by atoms with Gasteiger partial charge in [0.2, 0.25) is 0 Å². The molecule has 0 atom stereocenters. The molecule has 0 aliphatic rings. The van der Waals surface area contributed by atoms with Crippen molar-refractivity contribution in [2.45, 2.75) is 32.7 Å². The minimum atomic E-state index is -4.68. The van der Waals surface area contributed by atoms with Crippen LogP contribution in [0, 0.1) is 0 Å². The van der Waals surface area contributed by atoms with Crippen molar-refractivity contribution < 1.29 is 27.5 Å². The first-order valence-corrected chi connectivity index (χ1v) is 8.66. The molecule has 0 fully saturated rings. The molecule has 0 aromatic heterocycles. The Labute approximate surface area is 164 Å². The Morgan fingerprint density at radius 3 is 2.43 bits per heavy atom. The van der Waals surface area contributed by atoms with E-state index in [9.17, 15) is 22.8 Å². The predicted molar refractivity (Wildman–Crippen MR) is 99.1 cm³/mol. The monoisotopic (exact) mass is 414 g/mol. The Kier molecular flexibility index (Phi) is 6.90. The molecule has 0 saturated heterocycles. The molecule has 2 aromatic carbocycles. The summed E-state index contributed by atoms with van der Waals surface area (Å²) < 4.78 is 44.2. The van der Waals surface area contributed by atoms with Gasteiger partial charge in [0, 0.05) is 17.8 Å². The number of carbonyl (C=O) groups excluding carboxylic acids is 2. The van der Waals surface area contributed by atoms with Gasteiger partial charge in [0.05, 0.1) is 16.7 Å². The molecule has 0 bridgehead atoms. The third-order valence-corrected chi connectivity index (χ3v) is 3.84. The average Bonchev–Trinajstić information content (AvgIpc) is 2.60. The van der Waals surface area contributed by atoms with Crippen LogP contribution in [0.2, 0.25) is 5.02 Å². The van der Waals surface area contributed by atoms with Crippen molar-refractivity contribution in [3.63, 3.8) is 0 Å². The molecule has 0 saturated carbocycles. The highest BCUT2D eigenvalue weighted by Gasteiger charge is 2.33. The molecule has 0 radical (unpaired) electrons. The number of ether oxygens (including phenoxy) is 1. The number of hydrogen-bond acceptors (Lipinski definition) is 3. The molecule has 2 rings (SSSR count). The lowest BCUT2D eigenvalue weighted by Gasteiger charge is -2.14. The fraction of sp³-hybridized carbons (Fsp3) is 0.263. The van der Waals surface area contributed by atoms with Crippen molar-refractivity contribution in [3.05, 3.63) is 58.6 Å². The summed E-state index contributed by atoms with van der Waals surface area (Å²) in [6.07, 6.45) is -4.76. The van der Waals surface area contributed by atoms with E-state index >= 15 is 0 Å². The maximum atomic E-state index is 12.9. The van der Waals surface area contributed by atoms with Crippen LogP contribution in [0.15, 0.2) is 42.5 Å². The second-order valence-electron chi connectivity index (χ2n) is 6.10. The first kappa shape index (κ1) is 21.6. The molecular formula is C19H18ClF3N2O3. The number of alkyl halides is 3. The molecule has 0 heterocycles. The highest BCUT2D eigenvalue weighted by molar-refractivity contribution is 6.39. The van der Waals surface area contributed by atoms with E-state index in [1.54, 1.807) is 24.3 Å². The van der Waals surface area contributed by atoms with Gasteiger partial charge in [0.15, 0.2) is 0 Å². The summed E-state index contributed by atoms with van der Waals surface area (Å²) in [6.45, 7) is 3.72. The van der Waals surface area contributed by atoms with Gasteiger partial charge in [-0.3, -0.25) is 9.59 Å². The van der Waals surface area contributed by atoms with E-state index in [-0.39, 0.29) is 18.3 Å². The van der Waals surface area contributed by atoms with Crippen LogP contribution >= 0.6 is 11.6 Å². The number of halogens is 4. The summed E-state index contributed by atoms with van der Waals surface area (Å²) in [6, 6.07) is 9.82. The maximum Gasteiger partial charge on any atom is 0.417 e. The van der Waals surface area contributed by atoms with E-state index in [2.05, 4.69) is 10.6 Å². The van der Waals surface area contributed by atoms with E-state index < -0.39 is 28.6 Å². The Morgan fingerprint density at radius 2 is 1.79 bits per heavy atom. The molecule has 28 heavy (non-hydrogen) atoms. The third kappa shape index (κ3) is 5.88. The number of anilines is 1. The van der Waals surface area contributed by atoms with Crippen LogP contribution in [0.5, 0.6) is 5.75 Å². The van der Waals surface area contributed by atoms with Gasteiger partial charge in [-0.25, -0.2) is 0 Å². The van der Waals surface area contributed by atoms with Gasteiger partial charge < -0.3 is 15.4 Å². The quantitative estimate of drug-likeness (QED) is 0.712. The molecule has 0 unspecified atom stereocenters. The fourth-order valence-corrected chi connectivity index (χ4v) is 2.51. The second-order valence-corrected chi connectivity index (χ2v) is 6.51. The summed E-state index contributed by atoms with van der Waals surface area (Å²) in [4.78, 5) is 24.0. The Morgan fingerprint density at radius 1 is 1.11 bits per heavy atom. The Balaban J connectivity index is 2.02. The SMILES string of the molecule is CC(C)Oc1ccccc1CNC(=O)C(=O)Nc1ccc(Cl)c(C(F)(F)F)c1. The zero-order valence-electron chi connectivity index (χ0n) is 15.1. The molecule has 0 spiro atoms. The topological polar surface area (TPSA) is 67.4 Å². The van der Waals surface area contributed by atoms with Crippen LogP contribution in [0.1, 0.15) is 25.0 Å². The number of nitrogens with one attached hydrogen (secondary N) is 2. The zero-order valence-corrected chi connectivity index (χ0v) is 15.8. The molecule has 0 aliphatic carbocycles. The van der Waals surface area contributed by atoms with Crippen molar-refractivity contribution in [2.75, 3.05) is 5.32 Å². The lowest BCUT2D eigenvalue weighted by atomic mass is 10.2. The van der Waals surface area contributed by atoms with Gasteiger partial charge in [-0.15, -0.1) is 0 Å². The van der Waals surface area contributed by atoms with Crippen molar-refractivity contribution in [1.82, 2.24) is 5.32 Å². The first-order chi connectivity index (χ1) is 13.1. The van der Waals surface area contributed by atoms with Gasteiger partial charge >= 0.3 is 18.0 Å². The van der Waals surface area contributed by atoms with E-state index in [0.717, 1.165) is 6.07 Å². The molecule has 2 N–H and O–H groups in total. The molecule has 9 heteroatoms. The molecule has 150 valence electrons. The minimum Gasteiger partial charge on any atom is -0.491 e. The maximum absolute atomic E-state index is 12.9. The van der Waals surface area contributed by atoms with Crippen LogP contribution in [0.25, 0.3) is 0 Å². The number of benzene rings is 2. The number of hydrogen-bond donors (Lipinski definition) is 2. The first-order valence-electron chi connectivity index (χ1n) is 8.28. The third-order valence-electron chi connectivity index (χ3n) is 3.51. The van der Waals surface area contributed by atoms with E-state index in [0.29, 0.717) is 17.4 Å². The summed E-state index contributed by atoms with van der Waals surface area (Å²) in [5.74, 6) is -1.54. The van der Waals surface area contributed by atoms with Gasteiger partial charge in [-0.2, -0.15) is 13.2 Å². The second kappa shape index (κ2) is 8.97. The largest absolute Gasteiger partial charge is 0.491 e. The molecule has 0 aliphatic heterocycles. The Bertz CT molecular complexity index is 870. The van der Waals surface area contributed by atoms with E-state index in [1.165, 1.54) is 6.07 Å². The lowest BCUT2D eigenvalue weighted by molar-refractivity contribution is -0.137. The number of para-hydroxylation sites is 1. The molecule has 2 amide bonds. The fourth-order valence-electron chi connectivity index (χ4n) is 2.28. The summed E-state index contributed by atoms with van der Waals surface area (Å²) in [5, 5.41) is 4.03. The van der Waals surface area contributed by atoms with Gasteiger partial charge in [0.25, 0.3) is 0 Å². The van der Waals surface area contributed by atoms with Gasteiger partial charge in [-0.1, -0.05) is 29.8 Å². The number of amides is 2. The molecule has 5 nitrogen and oxygen atoms in total. The highest BCUT2D eigenvalue weighted by Crippen LogP contribution is 2.36. The average molecular weight is 415 g/mol. The summed E-state index contributed by atoms with van der Waals surface area (Å²) in [7, 11) is 0. The zero-order chi connectivity index (χ0) is 20.9. The van der Waals surface area contributed by atoms with Crippen LogP contribution < -0.4 is 15.4 Å². The number of rotatable bonds is 5. The van der Waals surface area contributed by atoms with Crippen LogP contribution in [0.4, 0.5) is 18.9 Å². The number of carbonyl (C=O) groups is 2. The van der Waals surface area contributed by atoms with Gasteiger partial charge in [0.1, 0.15) is 5.75 Å². The summed E-state index contributed by atoms with van der Waals surface area (Å²) in [5.41, 5.74) is -0.643. The van der Waals surface area contributed by atoms with E-state index in [1.807, 2.05) is 13.8 Å². The van der Waals surface area contributed by atoms with Crippen molar-refractivity contribution in [1.29, 1.82) is 0 Å². The van der Waals surface area contributed by atoms with Gasteiger partial charge in [-0.05, 0) is 38.1 Å². The summed E-state index contributed by atoms with van der Waals surface area (Å²) >= 11 is 5.52. The standard InChI is InChI=1S/C19H18ClF3N2O3/c1-11(2)28-16-6-4-3-5-12(16)10-24-17(26)18(27)25-13-7-8-15(20)14(9-13)19(21,22)23/h3-9,11H,10H2,1-2H3,(H,24,26)(H,25,27). The Hall–Kier alpha value is -2.74. The minimum absolute atomic E-state index is 0.0174. The van der Waals surface area contributed by atoms with Crippen LogP contribution in [-0.4, -0.2) is 17.9 Å². The van der Waals surface area contributed by atoms with Crippen LogP contribution in [0.3, 0.4) is 0 Å².